The van der Waals surface area contributed by atoms with Crippen LogP contribution in [0.15, 0.2) is 71.6 Å². The first-order chi connectivity index (χ1) is 19.2. The van der Waals surface area contributed by atoms with Gasteiger partial charge < -0.3 is 4.90 Å². The fourth-order valence-corrected chi connectivity index (χ4v) is 7.08. The smallest absolute Gasteiger partial charge is 0.260 e. The normalized spacial score (nSPS) is 11.7. The number of nitrogens with zero attached hydrogens (tertiary/aromatic N) is 4. The summed E-state index contributed by atoms with van der Waals surface area (Å²) in [6, 6.07) is 20.0. The first-order valence-electron chi connectivity index (χ1n) is 13.7. The van der Waals surface area contributed by atoms with Crippen LogP contribution in [0, 0.1) is 13.8 Å². The number of carbonyl (C=O) groups excluding carboxylic acids is 1. The second kappa shape index (κ2) is 14.4. The van der Waals surface area contributed by atoms with Crippen molar-refractivity contribution in [2.45, 2.75) is 46.1 Å². The lowest BCUT2D eigenvalue weighted by molar-refractivity contribution is 0.0983. The van der Waals surface area contributed by atoms with Gasteiger partial charge in [-0.3, -0.25) is 9.69 Å². The predicted octanol–water partition coefficient (Wildman–Crippen LogP) is 6.53. The molecule has 0 saturated carbocycles. The van der Waals surface area contributed by atoms with Crippen LogP contribution in [0.4, 0.5) is 5.13 Å². The van der Waals surface area contributed by atoms with Gasteiger partial charge in [0.05, 0.1) is 15.1 Å². The Hall–Kier alpha value is -2.82. The third-order valence-corrected chi connectivity index (χ3v) is 10.3. The average Bonchev–Trinajstić information content (AvgIpc) is 3.36. The average molecular weight is 615 g/mol. The summed E-state index contributed by atoms with van der Waals surface area (Å²) in [7, 11) is -3.73. The van der Waals surface area contributed by atoms with Gasteiger partial charge in [-0.15, -0.1) is 12.4 Å². The van der Waals surface area contributed by atoms with Crippen LogP contribution in [-0.2, 0) is 16.6 Å². The van der Waals surface area contributed by atoms with E-state index in [0.29, 0.717) is 30.3 Å². The van der Waals surface area contributed by atoms with Crippen LogP contribution >= 0.6 is 23.7 Å². The van der Waals surface area contributed by atoms with Crippen molar-refractivity contribution in [3.8, 4) is 0 Å². The van der Waals surface area contributed by atoms with Gasteiger partial charge in [-0.1, -0.05) is 62.4 Å². The first kappa shape index (κ1) is 32.7. The minimum atomic E-state index is -3.73. The number of thiazole rings is 1. The Kier molecular flexibility index (Phi) is 11.5. The third-order valence-electron chi connectivity index (χ3n) is 7.30. The lowest BCUT2D eigenvalue weighted by Gasteiger charge is -2.25. The lowest BCUT2D eigenvalue weighted by Crippen LogP contribution is -2.39. The van der Waals surface area contributed by atoms with E-state index in [9.17, 15) is 13.2 Å². The fourth-order valence-electron chi connectivity index (χ4n) is 4.58. The highest BCUT2D eigenvalue weighted by Crippen LogP contribution is 2.32. The lowest BCUT2D eigenvalue weighted by atomic mass is 10.1. The topological polar surface area (TPSA) is 73.8 Å². The molecule has 220 valence electrons. The number of sulfonamides is 1. The van der Waals surface area contributed by atoms with Gasteiger partial charge in [0.25, 0.3) is 5.91 Å². The molecular weight excluding hydrogens is 576 g/mol. The molecule has 1 heterocycles. The molecule has 41 heavy (non-hydrogen) atoms. The van der Waals surface area contributed by atoms with Gasteiger partial charge >= 0.3 is 0 Å². The Balaban J connectivity index is 0.00000462. The number of carbonyl (C=O) groups is 1. The van der Waals surface area contributed by atoms with Crippen LogP contribution in [-0.4, -0.2) is 61.2 Å². The van der Waals surface area contributed by atoms with E-state index in [1.165, 1.54) is 33.3 Å². The van der Waals surface area contributed by atoms with Gasteiger partial charge in [0.1, 0.15) is 0 Å². The monoisotopic (exact) mass is 614 g/mol. The summed E-state index contributed by atoms with van der Waals surface area (Å²) < 4.78 is 29.3. The Labute approximate surface area is 254 Å². The van der Waals surface area contributed by atoms with Gasteiger partial charge in [-0.2, -0.15) is 4.31 Å². The molecule has 0 aliphatic carbocycles. The van der Waals surface area contributed by atoms with Crippen molar-refractivity contribution in [2.75, 3.05) is 37.6 Å². The molecule has 10 heteroatoms. The van der Waals surface area contributed by atoms with E-state index < -0.39 is 10.0 Å². The van der Waals surface area contributed by atoms with Crippen molar-refractivity contribution in [2.24, 2.45) is 0 Å². The molecule has 0 saturated heterocycles. The highest BCUT2D eigenvalue weighted by molar-refractivity contribution is 7.89. The summed E-state index contributed by atoms with van der Waals surface area (Å²) in [5.41, 5.74) is 4.58. The molecule has 7 nitrogen and oxygen atoms in total. The molecule has 0 aliphatic heterocycles. The zero-order valence-corrected chi connectivity index (χ0v) is 26.8. The van der Waals surface area contributed by atoms with Crippen LogP contribution in [0.2, 0.25) is 0 Å². The van der Waals surface area contributed by atoms with Crippen molar-refractivity contribution in [1.82, 2.24) is 14.2 Å². The van der Waals surface area contributed by atoms with Crippen LogP contribution in [0.25, 0.3) is 10.2 Å². The minimum Gasteiger partial charge on any atom is -0.302 e. The molecule has 3 aromatic carbocycles. The number of amides is 1. The Morgan fingerprint density at radius 2 is 1.49 bits per heavy atom. The van der Waals surface area contributed by atoms with Gasteiger partial charge in [-0.05, 0) is 80.0 Å². The summed E-state index contributed by atoms with van der Waals surface area (Å²) in [5, 5.41) is 0.647. The molecule has 0 unspecified atom stereocenters. The van der Waals surface area contributed by atoms with E-state index in [0.717, 1.165) is 34.4 Å². The molecule has 0 fully saturated rings. The van der Waals surface area contributed by atoms with Gasteiger partial charge in [-0.25, -0.2) is 13.4 Å². The molecule has 0 N–H and O–H groups in total. The number of halogens is 1. The van der Waals surface area contributed by atoms with Crippen molar-refractivity contribution >= 4 is 55.0 Å². The Morgan fingerprint density at radius 1 is 0.854 bits per heavy atom. The predicted molar refractivity (Wildman–Crippen MR) is 172 cm³/mol. The summed E-state index contributed by atoms with van der Waals surface area (Å²) in [4.78, 5) is 22.8. The zero-order valence-electron chi connectivity index (χ0n) is 24.3. The van der Waals surface area contributed by atoms with Crippen LogP contribution < -0.4 is 4.90 Å². The van der Waals surface area contributed by atoms with Gasteiger partial charge in [0, 0.05) is 31.7 Å². The van der Waals surface area contributed by atoms with E-state index in [1.807, 2.05) is 37.3 Å². The van der Waals surface area contributed by atoms with E-state index >= 15 is 0 Å². The van der Waals surface area contributed by atoms with Crippen molar-refractivity contribution in [3.63, 3.8) is 0 Å². The van der Waals surface area contributed by atoms with Crippen molar-refractivity contribution in [3.05, 3.63) is 89.0 Å². The number of benzene rings is 3. The maximum absolute atomic E-state index is 13.9. The van der Waals surface area contributed by atoms with E-state index in [1.54, 1.807) is 17.0 Å². The molecule has 0 bridgehead atoms. The number of aryl methyl sites for hydroxylation is 2. The molecule has 0 radical (unpaired) electrons. The summed E-state index contributed by atoms with van der Waals surface area (Å²) >= 11 is 1.51. The molecule has 1 aromatic heterocycles. The number of fused-ring (bicyclic) bond motifs is 1. The van der Waals surface area contributed by atoms with Crippen molar-refractivity contribution in [1.29, 1.82) is 0 Å². The molecule has 0 aliphatic rings. The van der Waals surface area contributed by atoms with Crippen molar-refractivity contribution < 1.29 is 13.2 Å². The quantitative estimate of drug-likeness (QED) is 0.181. The SMILES string of the molecule is CCN(CC)CCN(C(=O)c1ccc(S(=O)(=O)N(CC)Cc2ccccc2)cc1)c1nc2cc(C)c(C)cc2s1.Cl. The fraction of sp³-hybridized carbons (Fsp3) is 0.355. The van der Waals surface area contributed by atoms with Gasteiger partial charge in [0.2, 0.25) is 10.0 Å². The molecule has 1 amide bonds. The molecule has 4 aromatic rings. The standard InChI is InChI=1S/C31H38N4O3S2.ClH/c1-6-33(7-2)18-19-35(31-32-28-20-23(4)24(5)21-29(28)39-31)30(36)26-14-16-27(17-15-26)40(37,38)34(8-3)22-25-12-10-9-11-13-25;/h9-17,20-21H,6-8,18-19,22H2,1-5H3;1H. The number of rotatable bonds is 12. The molecule has 4 rings (SSSR count). The number of likely N-dealkylation sites (N-methyl/N-ethyl adjacent to an activating group) is 1. The van der Waals surface area contributed by atoms with E-state index in [4.69, 9.17) is 4.98 Å². The van der Waals surface area contributed by atoms with E-state index in [-0.39, 0.29) is 29.8 Å². The summed E-state index contributed by atoms with van der Waals surface area (Å²) in [6.07, 6.45) is 0. The summed E-state index contributed by atoms with van der Waals surface area (Å²) in [6.45, 7) is 13.8. The van der Waals surface area contributed by atoms with E-state index in [2.05, 4.69) is 44.7 Å². The highest BCUT2D eigenvalue weighted by Gasteiger charge is 2.26. The largest absolute Gasteiger partial charge is 0.302 e. The molecular formula is C31H39ClN4O3S2. The van der Waals surface area contributed by atoms with Crippen LogP contribution in [0.1, 0.15) is 47.8 Å². The maximum atomic E-state index is 13.9. The van der Waals surface area contributed by atoms with Crippen LogP contribution in [0.3, 0.4) is 0 Å². The number of hydrogen-bond donors (Lipinski definition) is 0. The Bertz CT molecular complexity index is 1510. The van der Waals surface area contributed by atoms with Crippen LogP contribution in [0.5, 0.6) is 0 Å². The zero-order chi connectivity index (χ0) is 28.9. The Morgan fingerprint density at radius 3 is 2.10 bits per heavy atom. The third kappa shape index (κ3) is 7.53. The highest BCUT2D eigenvalue weighted by atomic mass is 35.5. The maximum Gasteiger partial charge on any atom is 0.260 e. The minimum absolute atomic E-state index is 0. The molecule has 0 atom stereocenters. The second-order valence-corrected chi connectivity index (χ2v) is 12.8. The molecule has 0 spiro atoms. The number of aromatic nitrogens is 1. The summed E-state index contributed by atoms with van der Waals surface area (Å²) in [5.74, 6) is -0.194. The first-order valence-corrected chi connectivity index (χ1v) is 16.0. The number of anilines is 1. The number of hydrogen-bond acceptors (Lipinski definition) is 6. The van der Waals surface area contributed by atoms with Gasteiger partial charge in [0.15, 0.2) is 5.13 Å². The second-order valence-electron chi connectivity index (χ2n) is 9.83.